The standard InChI is InChI=1S/C47H94N2O6S/c1-5-9-12-15-18-27-34-44-54-46(50)38-30-23-19-25-32-41-49(43-35-40-48-56(52,53)8-4)42-33-26-20-24-31-39-47(51)55-45(36-28-21-16-13-10-6-2)37-29-22-17-14-11-7-3/h45,48H,5-44H2,1-4H3. The van der Waals surface area contributed by atoms with Crippen LogP contribution in [0, 0.1) is 0 Å². The van der Waals surface area contributed by atoms with Crippen molar-refractivity contribution in [2.75, 3.05) is 38.5 Å². The molecule has 0 saturated heterocycles. The number of hydrogen-bond acceptors (Lipinski definition) is 7. The van der Waals surface area contributed by atoms with Gasteiger partial charge in [-0.2, -0.15) is 0 Å². The van der Waals surface area contributed by atoms with Crippen LogP contribution in [0.4, 0.5) is 0 Å². The molecule has 0 rings (SSSR count). The summed E-state index contributed by atoms with van der Waals surface area (Å²) in [5.74, 6) is 0.0623. The molecule has 8 nitrogen and oxygen atoms in total. The van der Waals surface area contributed by atoms with E-state index in [1.54, 1.807) is 6.92 Å². The first-order valence-corrected chi connectivity index (χ1v) is 26.0. The van der Waals surface area contributed by atoms with Gasteiger partial charge in [0.1, 0.15) is 6.10 Å². The summed E-state index contributed by atoms with van der Waals surface area (Å²) in [6.07, 6.45) is 38.5. The lowest BCUT2D eigenvalue weighted by molar-refractivity contribution is -0.150. The quantitative estimate of drug-likeness (QED) is 0.0482. The van der Waals surface area contributed by atoms with Crippen molar-refractivity contribution in [3.63, 3.8) is 0 Å². The summed E-state index contributed by atoms with van der Waals surface area (Å²) in [4.78, 5) is 27.4. The monoisotopic (exact) mass is 815 g/mol. The molecule has 334 valence electrons. The summed E-state index contributed by atoms with van der Waals surface area (Å²) in [5, 5.41) is 0. The van der Waals surface area contributed by atoms with E-state index in [4.69, 9.17) is 9.47 Å². The Labute approximate surface area is 348 Å². The van der Waals surface area contributed by atoms with Crippen molar-refractivity contribution < 1.29 is 27.5 Å². The Hall–Kier alpha value is -1.19. The molecule has 0 aliphatic carbocycles. The summed E-state index contributed by atoms with van der Waals surface area (Å²) >= 11 is 0. The molecule has 0 aromatic heterocycles. The number of nitrogens with zero attached hydrogens (tertiary/aromatic N) is 1. The van der Waals surface area contributed by atoms with Gasteiger partial charge < -0.3 is 14.4 Å². The molecule has 56 heavy (non-hydrogen) atoms. The van der Waals surface area contributed by atoms with Crippen LogP contribution in [0.5, 0.6) is 0 Å². The van der Waals surface area contributed by atoms with Gasteiger partial charge >= 0.3 is 11.9 Å². The number of unbranched alkanes of at least 4 members (excludes halogenated alkanes) is 24. The van der Waals surface area contributed by atoms with E-state index in [-0.39, 0.29) is 23.8 Å². The highest BCUT2D eigenvalue weighted by molar-refractivity contribution is 7.89. The molecule has 0 unspecified atom stereocenters. The van der Waals surface area contributed by atoms with E-state index < -0.39 is 10.0 Å². The fraction of sp³-hybridized carbons (Fsp3) is 0.957. The molecule has 0 saturated carbocycles. The van der Waals surface area contributed by atoms with Crippen molar-refractivity contribution in [3.8, 4) is 0 Å². The molecule has 0 aliphatic heterocycles. The summed E-state index contributed by atoms with van der Waals surface area (Å²) in [6.45, 7) is 12.4. The van der Waals surface area contributed by atoms with Crippen LogP contribution in [-0.4, -0.2) is 69.9 Å². The number of esters is 2. The maximum atomic E-state index is 12.8. The summed E-state index contributed by atoms with van der Waals surface area (Å²) in [5.41, 5.74) is 0. The first-order valence-electron chi connectivity index (χ1n) is 24.3. The lowest BCUT2D eigenvalue weighted by Crippen LogP contribution is -2.32. The molecule has 0 spiro atoms. The third-order valence-electron chi connectivity index (χ3n) is 11.1. The van der Waals surface area contributed by atoms with Crippen LogP contribution < -0.4 is 4.72 Å². The SMILES string of the molecule is CCCCCCCCCOC(=O)CCCCCCCN(CCCCCCCC(=O)OC(CCCCCCCC)CCCCCCCC)CCCNS(=O)(=O)CC. The van der Waals surface area contributed by atoms with Gasteiger partial charge in [0.15, 0.2) is 0 Å². The minimum absolute atomic E-state index is 0.00410. The third kappa shape index (κ3) is 39.6. The van der Waals surface area contributed by atoms with E-state index in [9.17, 15) is 18.0 Å². The van der Waals surface area contributed by atoms with E-state index >= 15 is 0 Å². The first kappa shape index (κ1) is 54.8. The van der Waals surface area contributed by atoms with Gasteiger partial charge in [0.25, 0.3) is 0 Å². The zero-order valence-electron chi connectivity index (χ0n) is 37.7. The van der Waals surface area contributed by atoms with E-state index in [1.165, 1.54) is 109 Å². The topological polar surface area (TPSA) is 102 Å². The van der Waals surface area contributed by atoms with Gasteiger partial charge in [-0.3, -0.25) is 9.59 Å². The lowest BCUT2D eigenvalue weighted by Gasteiger charge is -2.22. The normalized spacial score (nSPS) is 11.9. The molecule has 9 heteroatoms. The van der Waals surface area contributed by atoms with E-state index in [0.717, 1.165) is 116 Å². The molecule has 0 bridgehead atoms. The summed E-state index contributed by atoms with van der Waals surface area (Å²) in [7, 11) is -3.16. The van der Waals surface area contributed by atoms with Crippen LogP contribution in [0.15, 0.2) is 0 Å². The number of carbonyl (C=O) groups excluding carboxylic acids is 2. The molecule has 0 aromatic rings. The Bertz CT molecular complexity index is 946. The maximum absolute atomic E-state index is 12.8. The van der Waals surface area contributed by atoms with Crippen LogP contribution in [-0.2, 0) is 29.1 Å². The van der Waals surface area contributed by atoms with Crippen molar-refractivity contribution in [3.05, 3.63) is 0 Å². The molecule has 1 N–H and O–H groups in total. The second kappa shape index (κ2) is 42.0. The van der Waals surface area contributed by atoms with Gasteiger partial charge in [-0.05, 0) is 90.8 Å². The van der Waals surface area contributed by atoms with E-state index in [2.05, 4.69) is 30.4 Å². The lowest BCUT2D eigenvalue weighted by atomic mass is 10.0. The molecular formula is C47H94N2O6S. The molecule has 0 aliphatic rings. The second-order valence-corrected chi connectivity index (χ2v) is 18.7. The number of nitrogens with one attached hydrogen (secondary N) is 1. The van der Waals surface area contributed by atoms with Crippen LogP contribution >= 0.6 is 0 Å². The second-order valence-electron chi connectivity index (χ2n) is 16.6. The average Bonchev–Trinajstić information content (AvgIpc) is 3.18. The smallest absolute Gasteiger partial charge is 0.306 e. The highest BCUT2D eigenvalue weighted by Gasteiger charge is 2.15. The average molecular weight is 815 g/mol. The van der Waals surface area contributed by atoms with Gasteiger partial charge in [-0.1, -0.05) is 162 Å². The minimum atomic E-state index is -3.16. The van der Waals surface area contributed by atoms with E-state index in [1.807, 2.05) is 0 Å². The number of carbonyl (C=O) groups is 2. The Morgan fingerprint density at radius 3 is 1.36 bits per heavy atom. The number of sulfonamides is 1. The van der Waals surface area contributed by atoms with Crippen LogP contribution in [0.25, 0.3) is 0 Å². The van der Waals surface area contributed by atoms with Crippen LogP contribution in [0.2, 0.25) is 0 Å². The van der Waals surface area contributed by atoms with Crippen molar-refractivity contribution >= 4 is 22.0 Å². The molecule has 0 heterocycles. The fourth-order valence-corrected chi connectivity index (χ4v) is 8.03. The van der Waals surface area contributed by atoms with Gasteiger partial charge in [0.05, 0.1) is 12.4 Å². The Kier molecular flexibility index (Phi) is 41.1. The van der Waals surface area contributed by atoms with Gasteiger partial charge in [0.2, 0.25) is 10.0 Å². The molecule has 0 aromatic carbocycles. The Morgan fingerprint density at radius 2 is 0.875 bits per heavy atom. The summed E-state index contributed by atoms with van der Waals surface area (Å²) in [6, 6.07) is 0. The molecular weight excluding hydrogens is 721 g/mol. The molecule has 0 fully saturated rings. The van der Waals surface area contributed by atoms with Crippen molar-refractivity contribution in [1.29, 1.82) is 0 Å². The Morgan fingerprint density at radius 1 is 0.482 bits per heavy atom. The largest absolute Gasteiger partial charge is 0.466 e. The highest BCUT2D eigenvalue weighted by atomic mass is 32.2. The highest BCUT2D eigenvalue weighted by Crippen LogP contribution is 2.19. The van der Waals surface area contributed by atoms with Crippen LogP contribution in [0.1, 0.15) is 246 Å². The van der Waals surface area contributed by atoms with Gasteiger partial charge in [0, 0.05) is 19.4 Å². The predicted octanol–water partition coefficient (Wildman–Crippen LogP) is 13.0. The minimum Gasteiger partial charge on any atom is -0.466 e. The number of ether oxygens (including phenoxy) is 2. The number of rotatable bonds is 45. The van der Waals surface area contributed by atoms with E-state index in [0.29, 0.717) is 26.0 Å². The zero-order chi connectivity index (χ0) is 41.2. The van der Waals surface area contributed by atoms with Gasteiger partial charge in [-0.25, -0.2) is 13.1 Å². The first-order chi connectivity index (χ1) is 27.3. The fourth-order valence-electron chi connectivity index (χ4n) is 7.37. The zero-order valence-corrected chi connectivity index (χ0v) is 38.5. The maximum Gasteiger partial charge on any atom is 0.306 e. The van der Waals surface area contributed by atoms with Crippen LogP contribution in [0.3, 0.4) is 0 Å². The van der Waals surface area contributed by atoms with Crippen molar-refractivity contribution in [2.24, 2.45) is 0 Å². The Balaban J connectivity index is 4.37. The summed E-state index contributed by atoms with van der Waals surface area (Å²) < 4.78 is 37.9. The predicted molar refractivity (Wildman–Crippen MR) is 239 cm³/mol. The third-order valence-corrected chi connectivity index (χ3v) is 12.5. The van der Waals surface area contributed by atoms with Gasteiger partial charge in [-0.15, -0.1) is 0 Å². The van der Waals surface area contributed by atoms with Crippen molar-refractivity contribution in [2.45, 2.75) is 252 Å². The van der Waals surface area contributed by atoms with Crippen molar-refractivity contribution in [1.82, 2.24) is 9.62 Å². The molecule has 0 amide bonds. The molecule has 0 radical (unpaired) electrons. The number of hydrogen-bond donors (Lipinski definition) is 1. The molecule has 0 atom stereocenters.